The minimum absolute atomic E-state index is 0.115. The zero-order chi connectivity index (χ0) is 13.4. The van der Waals surface area contributed by atoms with Gasteiger partial charge in [-0.1, -0.05) is 6.92 Å². The van der Waals surface area contributed by atoms with Crippen molar-refractivity contribution in [3.05, 3.63) is 11.6 Å². The van der Waals surface area contributed by atoms with Crippen LogP contribution in [0.25, 0.3) is 0 Å². The van der Waals surface area contributed by atoms with Gasteiger partial charge in [-0.3, -0.25) is 4.79 Å². The summed E-state index contributed by atoms with van der Waals surface area (Å²) in [6, 6.07) is 0. The molecule has 18 heavy (non-hydrogen) atoms. The summed E-state index contributed by atoms with van der Waals surface area (Å²) in [5, 5.41) is 5.98. The van der Waals surface area contributed by atoms with E-state index in [1.54, 1.807) is 0 Å². The van der Waals surface area contributed by atoms with Crippen LogP contribution in [0.1, 0.15) is 37.8 Å². The molecule has 0 atom stereocenters. The van der Waals surface area contributed by atoms with Crippen LogP contribution in [0.4, 0.5) is 5.95 Å². The molecule has 1 aromatic heterocycles. The van der Waals surface area contributed by atoms with E-state index in [2.05, 4.69) is 25.6 Å². The summed E-state index contributed by atoms with van der Waals surface area (Å²) in [7, 11) is 0. The third kappa shape index (κ3) is 5.56. The van der Waals surface area contributed by atoms with Crippen LogP contribution < -0.4 is 10.6 Å². The number of amides is 1. The number of rotatable bonds is 7. The normalized spacial score (nSPS) is 10.2. The fraction of sp³-hybridized carbons (Fsp3) is 0.667. The van der Waals surface area contributed by atoms with E-state index in [4.69, 9.17) is 0 Å². The number of anilines is 1. The Morgan fingerprint density at radius 1 is 1.11 bits per heavy atom. The van der Waals surface area contributed by atoms with Crippen LogP contribution >= 0.6 is 0 Å². The van der Waals surface area contributed by atoms with Crippen LogP contribution in [-0.2, 0) is 4.79 Å². The Hall–Kier alpha value is -1.72. The molecule has 0 aromatic carbocycles. The molecule has 1 rings (SSSR count). The highest BCUT2D eigenvalue weighted by molar-refractivity contribution is 5.75. The zero-order valence-electron chi connectivity index (χ0n) is 11.3. The summed E-state index contributed by atoms with van der Waals surface area (Å²) in [5.41, 5.74) is 0. The summed E-state index contributed by atoms with van der Waals surface area (Å²) < 4.78 is 0. The second-order valence-corrected chi connectivity index (χ2v) is 4.13. The van der Waals surface area contributed by atoms with Crippen molar-refractivity contribution in [2.24, 2.45) is 0 Å². The van der Waals surface area contributed by atoms with Crippen molar-refractivity contribution in [2.75, 3.05) is 18.4 Å². The Kier molecular flexibility index (Phi) is 6.04. The molecule has 1 aromatic rings. The first-order chi connectivity index (χ1) is 8.61. The predicted molar refractivity (Wildman–Crippen MR) is 70.3 cm³/mol. The number of hydrogen-bond donors (Lipinski definition) is 2. The first-order valence-electron chi connectivity index (χ1n) is 6.31. The smallest absolute Gasteiger partial charge is 0.226 e. The standard InChI is InChI=1S/C12H21N5O/c1-4-6-11(18)13-7-5-8-14-12-16-9(2)15-10(3)17-12/h4-8H2,1-3H3,(H,13,18)(H,14,15,16,17). The zero-order valence-corrected chi connectivity index (χ0v) is 11.3. The summed E-state index contributed by atoms with van der Waals surface area (Å²) in [6.45, 7) is 7.08. The molecule has 0 aliphatic carbocycles. The molecule has 0 unspecified atom stereocenters. The van der Waals surface area contributed by atoms with E-state index in [9.17, 15) is 4.79 Å². The average Bonchev–Trinajstić information content (AvgIpc) is 2.27. The molecule has 0 saturated carbocycles. The van der Waals surface area contributed by atoms with E-state index in [1.165, 1.54) is 0 Å². The van der Waals surface area contributed by atoms with E-state index < -0.39 is 0 Å². The van der Waals surface area contributed by atoms with Gasteiger partial charge in [0.2, 0.25) is 11.9 Å². The molecule has 0 aliphatic rings. The van der Waals surface area contributed by atoms with Gasteiger partial charge in [-0.05, 0) is 26.7 Å². The number of aryl methyl sites for hydroxylation is 2. The molecule has 0 saturated heterocycles. The van der Waals surface area contributed by atoms with Crippen molar-refractivity contribution in [2.45, 2.75) is 40.0 Å². The molecule has 100 valence electrons. The third-order valence-corrected chi connectivity index (χ3v) is 2.29. The van der Waals surface area contributed by atoms with Crippen molar-refractivity contribution in [1.29, 1.82) is 0 Å². The van der Waals surface area contributed by atoms with Crippen LogP contribution in [-0.4, -0.2) is 33.9 Å². The van der Waals surface area contributed by atoms with Gasteiger partial charge in [-0.15, -0.1) is 0 Å². The molecule has 1 amide bonds. The third-order valence-electron chi connectivity index (χ3n) is 2.29. The number of nitrogens with one attached hydrogen (secondary N) is 2. The van der Waals surface area contributed by atoms with Crippen LogP contribution in [0.3, 0.4) is 0 Å². The SMILES string of the molecule is CCCC(=O)NCCCNc1nc(C)nc(C)n1. The van der Waals surface area contributed by atoms with Crippen LogP contribution in [0, 0.1) is 13.8 Å². The maximum Gasteiger partial charge on any atom is 0.226 e. The maximum absolute atomic E-state index is 11.2. The molecule has 6 heteroatoms. The van der Waals surface area contributed by atoms with Gasteiger partial charge in [-0.25, -0.2) is 4.98 Å². The summed E-state index contributed by atoms with van der Waals surface area (Å²) in [6.07, 6.45) is 2.33. The van der Waals surface area contributed by atoms with Gasteiger partial charge in [0.05, 0.1) is 0 Å². The van der Waals surface area contributed by atoms with Crippen molar-refractivity contribution >= 4 is 11.9 Å². The molecular weight excluding hydrogens is 230 g/mol. The van der Waals surface area contributed by atoms with Crippen molar-refractivity contribution in [3.8, 4) is 0 Å². The fourth-order valence-corrected chi connectivity index (χ4v) is 1.53. The highest BCUT2D eigenvalue weighted by atomic mass is 16.1. The molecule has 0 radical (unpaired) electrons. The number of aromatic nitrogens is 3. The lowest BCUT2D eigenvalue weighted by Gasteiger charge is -2.07. The number of hydrogen-bond acceptors (Lipinski definition) is 5. The van der Waals surface area contributed by atoms with E-state index >= 15 is 0 Å². The van der Waals surface area contributed by atoms with Crippen molar-refractivity contribution < 1.29 is 4.79 Å². The molecule has 2 N–H and O–H groups in total. The number of carbonyl (C=O) groups excluding carboxylic acids is 1. The Labute approximate surface area is 108 Å². The van der Waals surface area contributed by atoms with E-state index in [0.717, 1.165) is 19.4 Å². The minimum Gasteiger partial charge on any atom is -0.356 e. The average molecular weight is 251 g/mol. The second kappa shape index (κ2) is 7.58. The topological polar surface area (TPSA) is 79.8 Å². The van der Waals surface area contributed by atoms with Crippen molar-refractivity contribution in [1.82, 2.24) is 20.3 Å². The number of nitrogens with zero attached hydrogens (tertiary/aromatic N) is 3. The van der Waals surface area contributed by atoms with E-state index in [-0.39, 0.29) is 5.91 Å². The predicted octanol–water partition coefficient (Wildman–Crippen LogP) is 1.21. The molecular formula is C12H21N5O. The van der Waals surface area contributed by atoms with Gasteiger partial charge >= 0.3 is 0 Å². The Morgan fingerprint density at radius 3 is 2.39 bits per heavy atom. The Balaban J connectivity index is 2.19. The van der Waals surface area contributed by atoms with Crippen LogP contribution in [0.15, 0.2) is 0 Å². The first kappa shape index (κ1) is 14.3. The monoisotopic (exact) mass is 251 g/mol. The van der Waals surface area contributed by atoms with Gasteiger partial charge < -0.3 is 10.6 Å². The van der Waals surface area contributed by atoms with Crippen LogP contribution in [0.2, 0.25) is 0 Å². The van der Waals surface area contributed by atoms with Gasteiger partial charge in [0.15, 0.2) is 0 Å². The van der Waals surface area contributed by atoms with Gasteiger partial charge in [0, 0.05) is 19.5 Å². The van der Waals surface area contributed by atoms with Gasteiger partial charge in [0.1, 0.15) is 11.6 Å². The quantitative estimate of drug-likeness (QED) is 0.712. The summed E-state index contributed by atoms with van der Waals surface area (Å²) in [4.78, 5) is 23.7. The number of carbonyl (C=O) groups is 1. The Morgan fingerprint density at radius 2 is 1.78 bits per heavy atom. The van der Waals surface area contributed by atoms with Gasteiger partial charge in [0.25, 0.3) is 0 Å². The minimum atomic E-state index is 0.115. The lowest BCUT2D eigenvalue weighted by molar-refractivity contribution is -0.121. The molecule has 0 spiro atoms. The summed E-state index contributed by atoms with van der Waals surface area (Å²) in [5.74, 6) is 2.13. The Bertz CT molecular complexity index is 374. The van der Waals surface area contributed by atoms with E-state index in [1.807, 2.05) is 20.8 Å². The molecule has 6 nitrogen and oxygen atoms in total. The maximum atomic E-state index is 11.2. The first-order valence-corrected chi connectivity index (χ1v) is 6.31. The molecule has 0 fully saturated rings. The largest absolute Gasteiger partial charge is 0.356 e. The fourth-order valence-electron chi connectivity index (χ4n) is 1.53. The van der Waals surface area contributed by atoms with Crippen molar-refractivity contribution in [3.63, 3.8) is 0 Å². The lowest BCUT2D eigenvalue weighted by Crippen LogP contribution is -2.25. The lowest BCUT2D eigenvalue weighted by atomic mass is 10.3. The second-order valence-electron chi connectivity index (χ2n) is 4.13. The highest BCUT2D eigenvalue weighted by Gasteiger charge is 2.00. The van der Waals surface area contributed by atoms with Crippen LogP contribution in [0.5, 0.6) is 0 Å². The highest BCUT2D eigenvalue weighted by Crippen LogP contribution is 1.99. The van der Waals surface area contributed by atoms with Gasteiger partial charge in [-0.2, -0.15) is 9.97 Å². The molecule has 0 bridgehead atoms. The summed E-state index contributed by atoms with van der Waals surface area (Å²) >= 11 is 0. The molecule has 1 heterocycles. The van der Waals surface area contributed by atoms with E-state index in [0.29, 0.717) is 30.6 Å². The molecule has 0 aliphatic heterocycles.